The summed E-state index contributed by atoms with van der Waals surface area (Å²) in [6.45, 7) is 0. The summed E-state index contributed by atoms with van der Waals surface area (Å²) in [6.07, 6.45) is 1.55. The van der Waals surface area contributed by atoms with E-state index in [2.05, 4.69) is 10.7 Å². The van der Waals surface area contributed by atoms with E-state index < -0.39 is 11.9 Å². The fraction of sp³-hybridized carbons (Fsp3) is 0.0556. The van der Waals surface area contributed by atoms with Crippen LogP contribution in [0.4, 0.5) is 10.5 Å². The van der Waals surface area contributed by atoms with Crippen LogP contribution in [-0.4, -0.2) is 33.5 Å². The van der Waals surface area contributed by atoms with Crippen molar-refractivity contribution < 1.29 is 19.4 Å². The van der Waals surface area contributed by atoms with Crippen molar-refractivity contribution in [1.82, 2.24) is 10.4 Å². The van der Waals surface area contributed by atoms with Gasteiger partial charge in [-0.05, 0) is 54.2 Å². The van der Waals surface area contributed by atoms with Gasteiger partial charge >= 0.3 is 6.03 Å². The van der Waals surface area contributed by atoms with E-state index in [-0.39, 0.29) is 20.0 Å². The Morgan fingerprint density at radius 3 is 2.66 bits per heavy atom. The quantitative estimate of drug-likeness (QED) is 0.446. The molecule has 3 rings (SSSR count). The number of ether oxygens (including phenoxy) is 1. The molecule has 0 aliphatic carbocycles. The molecule has 0 saturated carbocycles. The predicted octanol–water partition coefficient (Wildman–Crippen LogP) is 4.65. The predicted molar refractivity (Wildman–Crippen MR) is 118 cm³/mol. The van der Waals surface area contributed by atoms with E-state index >= 15 is 0 Å². The molecule has 3 amide bonds. The van der Waals surface area contributed by atoms with Crippen LogP contribution < -0.4 is 15.5 Å². The first-order valence-electron chi connectivity index (χ1n) is 7.96. The molecule has 29 heavy (non-hydrogen) atoms. The van der Waals surface area contributed by atoms with Crippen LogP contribution in [0.5, 0.6) is 11.5 Å². The van der Waals surface area contributed by atoms with Gasteiger partial charge < -0.3 is 15.2 Å². The zero-order valence-corrected chi connectivity index (χ0v) is 17.9. The van der Waals surface area contributed by atoms with Crippen molar-refractivity contribution in [2.24, 2.45) is 0 Å². The number of benzene rings is 2. The van der Waals surface area contributed by atoms with Crippen molar-refractivity contribution in [3.05, 3.63) is 56.9 Å². The fourth-order valence-corrected chi connectivity index (χ4v) is 3.82. The van der Waals surface area contributed by atoms with Crippen LogP contribution in [0.1, 0.15) is 5.56 Å². The second kappa shape index (κ2) is 8.91. The number of aromatic hydroxyl groups is 1. The number of phenols is 1. The van der Waals surface area contributed by atoms with Crippen LogP contribution in [0.25, 0.3) is 6.08 Å². The fourth-order valence-electron chi connectivity index (χ4n) is 2.35. The van der Waals surface area contributed by atoms with Crippen LogP contribution in [0, 0.1) is 0 Å². The van der Waals surface area contributed by atoms with Crippen molar-refractivity contribution in [3.8, 4) is 11.5 Å². The van der Waals surface area contributed by atoms with Crippen LogP contribution in [0.15, 0.2) is 41.3 Å². The number of urea groups is 1. The number of thiocarbonyl (C=S) groups is 1. The van der Waals surface area contributed by atoms with Gasteiger partial charge in [0.25, 0.3) is 5.91 Å². The maximum atomic E-state index is 12.6. The molecule has 150 valence electrons. The molecule has 0 spiro atoms. The Bertz CT molecular complexity index is 1050. The van der Waals surface area contributed by atoms with E-state index in [9.17, 15) is 14.7 Å². The Morgan fingerprint density at radius 1 is 1.24 bits per heavy atom. The van der Waals surface area contributed by atoms with Gasteiger partial charge in [-0.3, -0.25) is 4.79 Å². The van der Waals surface area contributed by atoms with E-state index in [1.54, 1.807) is 24.3 Å². The monoisotopic (exact) mass is 469 g/mol. The van der Waals surface area contributed by atoms with Crippen molar-refractivity contribution in [2.75, 3.05) is 12.4 Å². The Kier molecular flexibility index (Phi) is 6.53. The number of nitrogens with zero attached hydrogens (tertiary/aromatic N) is 1. The summed E-state index contributed by atoms with van der Waals surface area (Å²) in [5.74, 6) is -0.245. The summed E-state index contributed by atoms with van der Waals surface area (Å²) in [4.78, 5) is 25.1. The number of amides is 3. The van der Waals surface area contributed by atoms with Gasteiger partial charge in [-0.15, -0.1) is 0 Å². The molecule has 1 aliphatic heterocycles. The molecule has 7 nitrogen and oxygen atoms in total. The van der Waals surface area contributed by atoms with Crippen LogP contribution in [0.2, 0.25) is 10.0 Å². The summed E-state index contributed by atoms with van der Waals surface area (Å²) >= 11 is 17.9. The minimum Gasteiger partial charge on any atom is -0.504 e. The molecule has 1 heterocycles. The number of hydrogen-bond donors (Lipinski definition) is 3. The van der Waals surface area contributed by atoms with Crippen molar-refractivity contribution >= 4 is 75.2 Å². The van der Waals surface area contributed by atoms with Gasteiger partial charge in [-0.1, -0.05) is 41.0 Å². The largest absolute Gasteiger partial charge is 0.504 e. The van der Waals surface area contributed by atoms with E-state index in [0.29, 0.717) is 22.0 Å². The van der Waals surface area contributed by atoms with Gasteiger partial charge in [0.2, 0.25) is 0 Å². The molecule has 0 aromatic heterocycles. The van der Waals surface area contributed by atoms with E-state index in [1.165, 1.54) is 25.3 Å². The number of thioether (sulfide) groups is 1. The second-order valence-corrected chi connectivity index (χ2v) is 8.13. The standard InChI is InChI=1S/C18H13Cl2N3O4S2/c1-27-14-5-2-9(6-13(14)24)7-15-16(25)23(18(28)29-15)22-17(26)21-10-3-4-11(19)12(20)8-10/h2-8,24H,1H3,(H2,21,22,26)/b15-7+. The highest BCUT2D eigenvalue weighted by Gasteiger charge is 2.33. The average molecular weight is 470 g/mol. The first-order valence-corrected chi connectivity index (χ1v) is 9.94. The molecule has 3 N–H and O–H groups in total. The molecule has 2 aromatic carbocycles. The third-order valence-corrected chi connectivity index (χ3v) is 5.73. The molecule has 0 radical (unpaired) electrons. The summed E-state index contributed by atoms with van der Waals surface area (Å²) < 4.78 is 5.15. The molecule has 0 atom stereocenters. The van der Waals surface area contributed by atoms with Crippen molar-refractivity contribution in [2.45, 2.75) is 0 Å². The molecule has 1 saturated heterocycles. The van der Waals surface area contributed by atoms with Crippen molar-refractivity contribution in [3.63, 3.8) is 0 Å². The van der Waals surface area contributed by atoms with Crippen LogP contribution in [0.3, 0.4) is 0 Å². The zero-order chi connectivity index (χ0) is 21.1. The molecular formula is C18H13Cl2N3O4S2. The number of phenolic OH excluding ortho intramolecular Hbond substituents is 1. The number of hydrogen-bond acceptors (Lipinski definition) is 6. The van der Waals surface area contributed by atoms with Crippen molar-refractivity contribution in [1.29, 1.82) is 0 Å². The highest BCUT2D eigenvalue weighted by molar-refractivity contribution is 8.26. The first-order chi connectivity index (χ1) is 13.8. The minimum atomic E-state index is -0.678. The van der Waals surface area contributed by atoms with Gasteiger partial charge in [0.15, 0.2) is 15.8 Å². The number of rotatable bonds is 4. The molecule has 1 aliphatic rings. The van der Waals surface area contributed by atoms with Gasteiger partial charge in [0.1, 0.15) is 0 Å². The smallest absolute Gasteiger partial charge is 0.338 e. The molecule has 11 heteroatoms. The maximum Gasteiger partial charge on any atom is 0.338 e. The van der Waals surface area contributed by atoms with Gasteiger partial charge in [-0.2, -0.15) is 5.01 Å². The highest BCUT2D eigenvalue weighted by Crippen LogP contribution is 2.33. The normalized spacial score (nSPS) is 15.0. The number of carbonyl (C=O) groups excluding carboxylic acids is 2. The van der Waals surface area contributed by atoms with E-state index in [0.717, 1.165) is 16.8 Å². The number of hydrazine groups is 1. The first kappa shape index (κ1) is 21.3. The topological polar surface area (TPSA) is 90.9 Å². The number of anilines is 1. The number of halogens is 2. The number of nitrogens with one attached hydrogen (secondary N) is 2. The minimum absolute atomic E-state index is 0.0594. The molecule has 0 unspecified atom stereocenters. The van der Waals surface area contributed by atoms with Gasteiger partial charge in [-0.25, -0.2) is 10.2 Å². The highest BCUT2D eigenvalue weighted by atomic mass is 35.5. The van der Waals surface area contributed by atoms with Crippen LogP contribution >= 0.6 is 47.2 Å². The molecule has 0 bridgehead atoms. The van der Waals surface area contributed by atoms with E-state index in [1.807, 2.05) is 0 Å². The van der Waals surface area contributed by atoms with Gasteiger partial charge in [0.05, 0.1) is 22.1 Å². The lowest BCUT2D eigenvalue weighted by molar-refractivity contribution is -0.123. The SMILES string of the molecule is COc1ccc(/C=C2/SC(=S)N(NC(=O)Nc3ccc(Cl)c(Cl)c3)C2=O)cc1O. The summed E-state index contributed by atoms with van der Waals surface area (Å²) in [5.41, 5.74) is 3.36. The molecular weight excluding hydrogens is 457 g/mol. The summed E-state index contributed by atoms with van der Waals surface area (Å²) in [7, 11) is 1.44. The lowest BCUT2D eigenvalue weighted by Gasteiger charge is -2.16. The maximum absolute atomic E-state index is 12.6. The second-order valence-electron chi connectivity index (χ2n) is 5.64. The third-order valence-electron chi connectivity index (χ3n) is 3.69. The zero-order valence-electron chi connectivity index (χ0n) is 14.7. The Labute approximate surface area is 185 Å². The Balaban J connectivity index is 1.70. The summed E-state index contributed by atoms with van der Waals surface area (Å²) in [5, 5.41) is 14.0. The Hall–Kier alpha value is -2.46. The molecule has 2 aromatic rings. The third kappa shape index (κ3) is 4.94. The number of carbonyl (C=O) groups is 2. The summed E-state index contributed by atoms with van der Waals surface area (Å²) in [6, 6.07) is 8.60. The van der Waals surface area contributed by atoms with Crippen LogP contribution in [-0.2, 0) is 4.79 Å². The molecule has 1 fully saturated rings. The average Bonchev–Trinajstić information content (AvgIpc) is 2.92. The Morgan fingerprint density at radius 2 is 2.00 bits per heavy atom. The number of methoxy groups -OCH3 is 1. The lowest BCUT2D eigenvalue weighted by atomic mass is 10.2. The van der Waals surface area contributed by atoms with E-state index in [4.69, 9.17) is 40.2 Å². The lowest BCUT2D eigenvalue weighted by Crippen LogP contribution is -2.46. The van der Waals surface area contributed by atoms with Gasteiger partial charge in [0, 0.05) is 5.69 Å².